The van der Waals surface area contributed by atoms with Crippen LogP contribution in [0.5, 0.6) is 0 Å². The fourth-order valence-electron chi connectivity index (χ4n) is 1.02. The van der Waals surface area contributed by atoms with Crippen molar-refractivity contribution in [2.45, 2.75) is 20.3 Å². The minimum Gasteiger partial charge on any atom is -0.477 e. The molecule has 0 fully saturated rings. The van der Waals surface area contributed by atoms with Crippen LogP contribution in [0.25, 0.3) is 0 Å². The van der Waals surface area contributed by atoms with Gasteiger partial charge in [-0.1, -0.05) is 25.4 Å². The van der Waals surface area contributed by atoms with Crippen LogP contribution < -0.4 is 0 Å². The SMILES string of the molecule is CC(C)Cc1sc(C(=O)O)cc1Cl. The molecule has 0 aliphatic rings. The van der Waals surface area contributed by atoms with Crippen molar-refractivity contribution in [2.75, 3.05) is 0 Å². The first-order valence-electron chi connectivity index (χ1n) is 4.02. The number of rotatable bonds is 3. The molecule has 0 bridgehead atoms. The first-order chi connectivity index (χ1) is 6.00. The van der Waals surface area contributed by atoms with E-state index >= 15 is 0 Å². The summed E-state index contributed by atoms with van der Waals surface area (Å²) in [5.41, 5.74) is 0. The molecule has 0 aromatic carbocycles. The van der Waals surface area contributed by atoms with E-state index in [9.17, 15) is 4.79 Å². The van der Waals surface area contributed by atoms with Crippen molar-refractivity contribution in [3.8, 4) is 0 Å². The van der Waals surface area contributed by atoms with E-state index in [4.69, 9.17) is 16.7 Å². The van der Waals surface area contributed by atoms with E-state index in [1.54, 1.807) is 0 Å². The molecule has 2 nitrogen and oxygen atoms in total. The summed E-state index contributed by atoms with van der Waals surface area (Å²) in [5.74, 6) is -0.403. The molecule has 13 heavy (non-hydrogen) atoms. The lowest BCUT2D eigenvalue weighted by Gasteiger charge is -2.00. The zero-order valence-electron chi connectivity index (χ0n) is 7.50. The smallest absolute Gasteiger partial charge is 0.345 e. The van der Waals surface area contributed by atoms with Gasteiger partial charge < -0.3 is 5.11 Å². The molecule has 1 aromatic heterocycles. The van der Waals surface area contributed by atoms with Gasteiger partial charge in [0.1, 0.15) is 4.88 Å². The lowest BCUT2D eigenvalue weighted by atomic mass is 10.1. The molecule has 0 amide bonds. The van der Waals surface area contributed by atoms with Gasteiger partial charge in [0, 0.05) is 4.88 Å². The fourth-order valence-corrected chi connectivity index (χ4v) is 2.49. The summed E-state index contributed by atoms with van der Waals surface area (Å²) in [6, 6.07) is 1.52. The normalized spacial score (nSPS) is 10.8. The molecule has 1 N–H and O–H groups in total. The lowest BCUT2D eigenvalue weighted by Crippen LogP contribution is -1.91. The summed E-state index contributed by atoms with van der Waals surface area (Å²) in [6.07, 6.45) is 0.844. The second-order valence-corrected chi connectivity index (χ2v) is 4.83. The minimum absolute atomic E-state index is 0.320. The molecule has 0 unspecified atom stereocenters. The molecule has 0 atom stereocenters. The second-order valence-electron chi connectivity index (χ2n) is 3.28. The molecule has 1 rings (SSSR count). The Morgan fingerprint density at radius 3 is 2.69 bits per heavy atom. The van der Waals surface area contributed by atoms with Crippen LogP contribution in [0, 0.1) is 5.92 Å². The largest absolute Gasteiger partial charge is 0.477 e. The molecule has 0 aliphatic heterocycles. The van der Waals surface area contributed by atoms with Gasteiger partial charge in [-0.3, -0.25) is 0 Å². The van der Waals surface area contributed by atoms with Crippen molar-refractivity contribution in [3.05, 3.63) is 20.8 Å². The predicted octanol–water partition coefficient (Wildman–Crippen LogP) is 3.30. The van der Waals surface area contributed by atoms with Crippen LogP contribution >= 0.6 is 22.9 Å². The summed E-state index contributed by atoms with van der Waals surface area (Å²) < 4.78 is 0. The van der Waals surface area contributed by atoms with E-state index < -0.39 is 5.97 Å². The van der Waals surface area contributed by atoms with Crippen molar-refractivity contribution in [2.24, 2.45) is 5.92 Å². The van der Waals surface area contributed by atoms with E-state index in [0.29, 0.717) is 15.8 Å². The number of thiophene rings is 1. The van der Waals surface area contributed by atoms with E-state index in [0.717, 1.165) is 11.3 Å². The molecule has 0 aliphatic carbocycles. The highest BCUT2D eigenvalue weighted by Gasteiger charge is 2.12. The topological polar surface area (TPSA) is 37.3 Å². The number of aromatic carboxylic acids is 1. The maximum Gasteiger partial charge on any atom is 0.345 e. The van der Waals surface area contributed by atoms with Gasteiger partial charge >= 0.3 is 5.97 Å². The van der Waals surface area contributed by atoms with Gasteiger partial charge in [0.15, 0.2) is 0 Å². The Balaban J connectivity index is 2.90. The van der Waals surface area contributed by atoms with Crippen molar-refractivity contribution in [1.29, 1.82) is 0 Å². The third-order valence-electron chi connectivity index (χ3n) is 1.56. The standard InChI is InChI=1S/C9H11ClO2S/c1-5(2)3-7-6(10)4-8(13-7)9(11)12/h4-5H,3H2,1-2H3,(H,11,12). The Morgan fingerprint density at radius 2 is 2.31 bits per heavy atom. The Labute approximate surface area is 86.2 Å². The Bertz CT molecular complexity index is 317. The van der Waals surface area contributed by atoms with Crippen molar-refractivity contribution in [3.63, 3.8) is 0 Å². The summed E-state index contributed by atoms with van der Waals surface area (Å²) in [7, 11) is 0. The zero-order chi connectivity index (χ0) is 10.0. The summed E-state index contributed by atoms with van der Waals surface area (Å²) in [6.45, 7) is 4.16. The molecule has 1 heterocycles. The first-order valence-corrected chi connectivity index (χ1v) is 5.21. The molecular weight excluding hydrogens is 208 g/mol. The van der Waals surface area contributed by atoms with E-state index in [1.807, 2.05) is 0 Å². The minimum atomic E-state index is -0.901. The van der Waals surface area contributed by atoms with Gasteiger partial charge in [0.05, 0.1) is 5.02 Å². The number of carboxylic acids is 1. The van der Waals surface area contributed by atoms with Crippen LogP contribution in [0.1, 0.15) is 28.4 Å². The van der Waals surface area contributed by atoms with E-state index in [2.05, 4.69) is 13.8 Å². The molecule has 4 heteroatoms. The average molecular weight is 219 g/mol. The molecule has 72 valence electrons. The molecule has 0 radical (unpaired) electrons. The fraction of sp³-hybridized carbons (Fsp3) is 0.444. The Morgan fingerprint density at radius 1 is 1.69 bits per heavy atom. The molecular formula is C9H11ClO2S. The third-order valence-corrected chi connectivity index (χ3v) is 3.16. The van der Waals surface area contributed by atoms with Crippen LogP contribution in [0.2, 0.25) is 5.02 Å². The van der Waals surface area contributed by atoms with Crippen molar-refractivity contribution in [1.82, 2.24) is 0 Å². The zero-order valence-corrected chi connectivity index (χ0v) is 9.08. The molecule has 0 spiro atoms. The van der Waals surface area contributed by atoms with Crippen LogP contribution in [-0.2, 0) is 6.42 Å². The van der Waals surface area contributed by atoms with Gasteiger partial charge in [-0.25, -0.2) is 4.79 Å². The monoisotopic (exact) mass is 218 g/mol. The van der Waals surface area contributed by atoms with Crippen LogP contribution in [-0.4, -0.2) is 11.1 Å². The Hall–Kier alpha value is -0.540. The highest BCUT2D eigenvalue weighted by Crippen LogP contribution is 2.29. The highest BCUT2D eigenvalue weighted by atomic mass is 35.5. The molecule has 0 saturated carbocycles. The maximum atomic E-state index is 10.6. The van der Waals surface area contributed by atoms with Crippen LogP contribution in [0.4, 0.5) is 0 Å². The van der Waals surface area contributed by atoms with E-state index in [-0.39, 0.29) is 0 Å². The number of hydrogen-bond donors (Lipinski definition) is 1. The second kappa shape index (κ2) is 4.11. The van der Waals surface area contributed by atoms with Crippen LogP contribution in [0.15, 0.2) is 6.07 Å². The quantitative estimate of drug-likeness (QED) is 0.845. The number of halogens is 1. The van der Waals surface area contributed by atoms with Gasteiger partial charge in [0.2, 0.25) is 0 Å². The average Bonchev–Trinajstić information content (AvgIpc) is 2.31. The summed E-state index contributed by atoms with van der Waals surface area (Å²) in [5, 5.41) is 9.29. The van der Waals surface area contributed by atoms with Crippen LogP contribution in [0.3, 0.4) is 0 Å². The number of carbonyl (C=O) groups is 1. The number of carboxylic acid groups (broad SMARTS) is 1. The van der Waals surface area contributed by atoms with Gasteiger partial charge in [-0.15, -0.1) is 11.3 Å². The van der Waals surface area contributed by atoms with Crippen molar-refractivity contribution >= 4 is 28.9 Å². The van der Waals surface area contributed by atoms with Gasteiger partial charge in [-0.05, 0) is 18.4 Å². The molecule has 1 aromatic rings. The molecule has 0 saturated heterocycles. The van der Waals surface area contributed by atoms with Gasteiger partial charge in [0.25, 0.3) is 0 Å². The summed E-state index contributed by atoms with van der Waals surface area (Å²) >= 11 is 7.14. The van der Waals surface area contributed by atoms with Gasteiger partial charge in [-0.2, -0.15) is 0 Å². The first kappa shape index (κ1) is 10.5. The Kier molecular flexibility index (Phi) is 3.33. The summed E-state index contributed by atoms with van der Waals surface area (Å²) in [4.78, 5) is 11.9. The highest BCUT2D eigenvalue weighted by molar-refractivity contribution is 7.14. The van der Waals surface area contributed by atoms with E-state index in [1.165, 1.54) is 17.4 Å². The number of hydrogen-bond acceptors (Lipinski definition) is 2. The van der Waals surface area contributed by atoms with Crippen molar-refractivity contribution < 1.29 is 9.90 Å². The third kappa shape index (κ3) is 2.71. The predicted molar refractivity (Wildman–Crippen MR) is 54.8 cm³/mol. The lowest BCUT2D eigenvalue weighted by molar-refractivity contribution is 0.0702. The maximum absolute atomic E-state index is 10.6.